The van der Waals surface area contributed by atoms with Crippen LogP contribution in [-0.4, -0.2) is 5.78 Å². The second-order valence-corrected chi connectivity index (χ2v) is 5.95. The van der Waals surface area contributed by atoms with Crippen LogP contribution in [0.3, 0.4) is 0 Å². The standard InChI is InChI=1S/C14H22O/c1-5-8-14(10(2)15)12-7-6-11(9-12)13(14,3)4/h5,11-12H,1,6-9H2,2-4H3. The summed E-state index contributed by atoms with van der Waals surface area (Å²) in [5.41, 5.74) is 0.0770. The predicted octanol–water partition coefficient (Wildman–Crippen LogP) is 3.59. The molecular weight excluding hydrogens is 184 g/mol. The van der Waals surface area contributed by atoms with Gasteiger partial charge in [0.2, 0.25) is 0 Å². The number of fused-ring (bicyclic) bond motifs is 2. The van der Waals surface area contributed by atoms with Crippen molar-refractivity contribution >= 4 is 5.78 Å². The van der Waals surface area contributed by atoms with Crippen LogP contribution in [0.1, 0.15) is 46.5 Å². The van der Waals surface area contributed by atoms with Gasteiger partial charge in [0.05, 0.1) is 0 Å². The van der Waals surface area contributed by atoms with Crippen LogP contribution < -0.4 is 0 Å². The monoisotopic (exact) mass is 206 g/mol. The molecule has 0 N–H and O–H groups in total. The van der Waals surface area contributed by atoms with E-state index in [1.165, 1.54) is 19.3 Å². The summed E-state index contributed by atoms with van der Waals surface area (Å²) in [5, 5.41) is 0. The molecule has 84 valence electrons. The third kappa shape index (κ3) is 1.12. The van der Waals surface area contributed by atoms with Crippen LogP contribution in [0.5, 0.6) is 0 Å². The van der Waals surface area contributed by atoms with Gasteiger partial charge in [0.15, 0.2) is 0 Å². The molecule has 2 rings (SSSR count). The molecule has 2 aliphatic carbocycles. The molecule has 0 aliphatic heterocycles. The van der Waals surface area contributed by atoms with Gasteiger partial charge in [-0.15, -0.1) is 6.58 Å². The van der Waals surface area contributed by atoms with Crippen LogP contribution in [0.4, 0.5) is 0 Å². The van der Waals surface area contributed by atoms with Crippen LogP contribution in [0.15, 0.2) is 12.7 Å². The molecule has 2 aliphatic rings. The zero-order valence-corrected chi connectivity index (χ0v) is 10.2. The molecule has 3 unspecified atom stereocenters. The molecule has 3 atom stereocenters. The van der Waals surface area contributed by atoms with E-state index >= 15 is 0 Å². The van der Waals surface area contributed by atoms with Crippen LogP contribution in [0, 0.1) is 22.7 Å². The summed E-state index contributed by atoms with van der Waals surface area (Å²) in [4.78, 5) is 12.1. The zero-order valence-electron chi connectivity index (χ0n) is 10.2. The van der Waals surface area contributed by atoms with E-state index in [0.717, 1.165) is 12.3 Å². The number of hydrogen-bond acceptors (Lipinski definition) is 1. The molecule has 0 saturated heterocycles. The molecule has 2 fully saturated rings. The molecule has 2 bridgehead atoms. The second-order valence-electron chi connectivity index (χ2n) is 5.95. The fourth-order valence-electron chi connectivity index (χ4n) is 4.52. The Labute approximate surface area is 92.9 Å². The Morgan fingerprint density at radius 1 is 1.40 bits per heavy atom. The van der Waals surface area contributed by atoms with E-state index < -0.39 is 0 Å². The first-order chi connectivity index (χ1) is 6.96. The topological polar surface area (TPSA) is 17.1 Å². The number of hydrogen-bond donors (Lipinski definition) is 0. The summed E-state index contributed by atoms with van der Waals surface area (Å²) in [6.45, 7) is 10.2. The number of ketones is 1. The fraction of sp³-hybridized carbons (Fsp3) is 0.786. The van der Waals surface area contributed by atoms with Crippen LogP contribution in [0.25, 0.3) is 0 Å². The largest absolute Gasteiger partial charge is 0.299 e. The van der Waals surface area contributed by atoms with E-state index in [1.54, 1.807) is 6.92 Å². The molecule has 0 heterocycles. The van der Waals surface area contributed by atoms with Crippen molar-refractivity contribution in [3.05, 3.63) is 12.7 Å². The predicted molar refractivity (Wildman–Crippen MR) is 62.5 cm³/mol. The number of allylic oxidation sites excluding steroid dienone is 1. The highest BCUT2D eigenvalue weighted by Crippen LogP contribution is 2.68. The second kappa shape index (κ2) is 3.20. The third-order valence-corrected chi connectivity index (χ3v) is 5.39. The van der Waals surface area contributed by atoms with E-state index in [4.69, 9.17) is 0 Å². The van der Waals surface area contributed by atoms with Crippen LogP contribution >= 0.6 is 0 Å². The van der Waals surface area contributed by atoms with Gasteiger partial charge in [0, 0.05) is 5.41 Å². The molecule has 15 heavy (non-hydrogen) atoms. The molecule has 1 nitrogen and oxygen atoms in total. The van der Waals surface area contributed by atoms with E-state index in [2.05, 4.69) is 20.4 Å². The Morgan fingerprint density at radius 3 is 2.40 bits per heavy atom. The molecule has 0 amide bonds. The minimum absolute atomic E-state index is 0.0995. The third-order valence-electron chi connectivity index (χ3n) is 5.39. The van der Waals surface area contributed by atoms with Crippen LogP contribution in [0.2, 0.25) is 0 Å². The summed E-state index contributed by atoms with van der Waals surface area (Å²) in [7, 11) is 0. The highest BCUT2D eigenvalue weighted by molar-refractivity contribution is 5.84. The molecule has 0 aromatic heterocycles. The Bertz CT molecular complexity index is 302. The maximum atomic E-state index is 12.1. The van der Waals surface area contributed by atoms with E-state index in [0.29, 0.717) is 11.7 Å². The van der Waals surface area contributed by atoms with Crippen molar-refractivity contribution in [2.24, 2.45) is 22.7 Å². The summed E-state index contributed by atoms with van der Waals surface area (Å²) in [6, 6.07) is 0. The molecule has 0 aromatic carbocycles. The summed E-state index contributed by atoms with van der Waals surface area (Å²) < 4.78 is 0. The van der Waals surface area contributed by atoms with Crippen molar-refractivity contribution in [1.82, 2.24) is 0 Å². The molecule has 1 heteroatoms. The quantitative estimate of drug-likeness (QED) is 0.645. The molecule has 2 saturated carbocycles. The molecule has 0 radical (unpaired) electrons. The SMILES string of the molecule is C=CCC1(C(C)=O)C2CCC(C2)C1(C)C. The summed E-state index contributed by atoms with van der Waals surface area (Å²) in [6.07, 6.45) is 6.66. The van der Waals surface area contributed by atoms with Crippen molar-refractivity contribution in [2.45, 2.75) is 46.5 Å². The zero-order chi connectivity index (χ0) is 11.3. The number of carbonyl (C=O) groups excluding carboxylic acids is 1. The van der Waals surface area contributed by atoms with Crippen LogP contribution in [-0.2, 0) is 4.79 Å². The van der Waals surface area contributed by atoms with E-state index in [1.807, 2.05) is 6.08 Å². The van der Waals surface area contributed by atoms with Gasteiger partial charge >= 0.3 is 0 Å². The molecule has 0 aromatic rings. The lowest BCUT2D eigenvalue weighted by molar-refractivity contribution is -0.138. The van der Waals surface area contributed by atoms with Crippen molar-refractivity contribution in [3.8, 4) is 0 Å². The van der Waals surface area contributed by atoms with Crippen molar-refractivity contribution in [1.29, 1.82) is 0 Å². The highest BCUT2D eigenvalue weighted by atomic mass is 16.1. The first kappa shape index (κ1) is 10.9. The minimum atomic E-state index is -0.0995. The molecular formula is C14H22O. The average molecular weight is 206 g/mol. The van der Waals surface area contributed by atoms with Gasteiger partial charge in [-0.1, -0.05) is 19.9 Å². The van der Waals surface area contributed by atoms with Gasteiger partial charge in [-0.25, -0.2) is 0 Å². The first-order valence-corrected chi connectivity index (χ1v) is 6.08. The van der Waals surface area contributed by atoms with Gasteiger partial charge in [-0.2, -0.15) is 0 Å². The maximum absolute atomic E-state index is 12.1. The number of Topliss-reactive ketones (excluding diaryl/α,β-unsaturated/α-hetero) is 1. The van der Waals surface area contributed by atoms with E-state index in [-0.39, 0.29) is 10.8 Å². The maximum Gasteiger partial charge on any atom is 0.137 e. The van der Waals surface area contributed by atoms with Crippen molar-refractivity contribution in [2.75, 3.05) is 0 Å². The lowest BCUT2D eigenvalue weighted by Crippen LogP contribution is -2.47. The highest BCUT2D eigenvalue weighted by Gasteiger charge is 2.64. The lowest BCUT2D eigenvalue weighted by Gasteiger charge is -2.48. The van der Waals surface area contributed by atoms with Gasteiger partial charge in [-0.05, 0) is 49.9 Å². The minimum Gasteiger partial charge on any atom is -0.299 e. The number of rotatable bonds is 3. The smallest absolute Gasteiger partial charge is 0.137 e. The Morgan fingerprint density at radius 2 is 2.00 bits per heavy atom. The average Bonchev–Trinajstić information content (AvgIpc) is 2.67. The van der Waals surface area contributed by atoms with Gasteiger partial charge in [0.25, 0.3) is 0 Å². The van der Waals surface area contributed by atoms with Crippen molar-refractivity contribution < 1.29 is 4.79 Å². The Balaban J connectivity index is 2.46. The molecule has 0 spiro atoms. The van der Waals surface area contributed by atoms with Gasteiger partial charge in [-0.3, -0.25) is 4.79 Å². The number of carbonyl (C=O) groups is 1. The fourth-order valence-corrected chi connectivity index (χ4v) is 4.52. The summed E-state index contributed by atoms with van der Waals surface area (Å²) in [5.74, 6) is 1.76. The summed E-state index contributed by atoms with van der Waals surface area (Å²) >= 11 is 0. The normalized spacial score (nSPS) is 41.8. The Hall–Kier alpha value is -0.590. The lowest BCUT2D eigenvalue weighted by atomic mass is 9.54. The van der Waals surface area contributed by atoms with Gasteiger partial charge < -0.3 is 0 Å². The first-order valence-electron chi connectivity index (χ1n) is 6.08. The Kier molecular flexibility index (Phi) is 2.33. The van der Waals surface area contributed by atoms with Crippen molar-refractivity contribution in [3.63, 3.8) is 0 Å². The van der Waals surface area contributed by atoms with E-state index in [9.17, 15) is 4.79 Å². The van der Waals surface area contributed by atoms with Gasteiger partial charge in [0.1, 0.15) is 5.78 Å².